The van der Waals surface area contributed by atoms with Gasteiger partial charge in [-0.3, -0.25) is 0 Å². The minimum atomic E-state index is -3.53. The second kappa shape index (κ2) is 5.55. The van der Waals surface area contributed by atoms with Crippen LogP contribution in [0.3, 0.4) is 0 Å². The van der Waals surface area contributed by atoms with Gasteiger partial charge in [0.15, 0.2) is 0 Å². The minimum absolute atomic E-state index is 0.285. The normalized spacial score (nSPS) is 12.0. The van der Waals surface area contributed by atoms with Gasteiger partial charge in [-0.05, 0) is 59.5 Å². The van der Waals surface area contributed by atoms with Crippen molar-refractivity contribution in [2.24, 2.45) is 0 Å². The van der Waals surface area contributed by atoms with Crippen LogP contribution in [0.4, 0.5) is 5.69 Å². The number of sulfonamides is 1. The van der Waals surface area contributed by atoms with Crippen LogP contribution in [-0.4, -0.2) is 19.8 Å². The highest BCUT2D eigenvalue weighted by atomic mass is 32.2. The molecule has 0 aliphatic carbocycles. The first-order valence-electron chi connectivity index (χ1n) is 6.16. The van der Waals surface area contributed by atoms with Gasteiger partial charge >= 0.3 is 0 Å². The van der Waals surface area contributed by atoms with Crippen molar-refractivity contribution in [2.75, 3.05) is 12.8 Å². The van der Waals surface area contributed by atoms with Gasteiger partial charge < -0.3 is 5.73 Å². The van der Waals surface area contributed by atoms with E-state index in [0.29, 0.717) is 12.2 Å². The second-order valence-electron chi connectivity index (χ2n) is 4.85. The predicted molar refractivity (Wildman–Crippen MR) is 83.3 cm³/mol. The molecule has 0 saturated heterocycles. The Hall–Kier alpha value is -1.37. The van der Waals surface area contributed by atoms with E-state index in [4.69, 9.17) is 5.73 Å². The van der Waals surface area contributed by atoms with E-state index in [1.54, 1.807) is 31.4 Å². The van der Waals surface area contributed by atoms with Crippen LogP contribution in [0.25, 0.3) is 0 Å². The summed E-state index contributed by atoms with van der Waals surface area (Å²) >= 11 is 1.55. The molecule has 2 N–H and O–H groups in total. The summed E-state index contributed by atoms with van der Waals surface area (Å²) in [7, 11) is -1.94. The Kier molecular flexibility index (Phi) is 4.17. The quantitative estimate of drug-likeness (QED) is 0.883. The van der Waals surface area contributed by atoms with E-state index in [2.05, 4.69) is 0 Å². The molecule has 0 saturated carbocycles. The molecule has 0 aliphatic heterocycles. The van der Waals surface area contributed by atoms with Crippen LogP contribution < -0.4 is 5.73 Å². The van der Waals surface area contributed by atoms with Gasteiger partial charge in [-0.2, -0.15) is 15.6 Å². The zero-order valence-corrected chi connectivity index (χ0v) is 13.4. The summed E-state index contributed by atoms with van der Waals surface area (Å²) in [6.07, 6.45) is 0. The molecule has 20 heavy (non-hydrogen) atoms. The lowest BCUT2D eigenvalue weighted by atomic mass is 10.1. The Morgan fingerprint density at radius 1 is 1.30 bits per heavy atom. The molecule has 0 fully saturated rings. The van der Waals surface area contributed by atoms with Crippen molar-refractivity contribution in [3.8, 4) is 0 Å². The van der Waals surface area contributed by atoms with Crippen LogP contribution in [0.2, 0.25) is 0 Å². The lowest BCUT2D eigenvalue weighted by Crippen LogP contribution is -2.27. The van der Waals surface area contributed by atoms with E-state index in [9.17, 15) is 8.42 Å². The van der Waals surface area contributed by atoms with Crippen LogP contribution in [0.5, 0.6) is 0 Å². The van der Waals surface area contributed by atoms with Gasteiger partial charge in [-0.1, -0.05) is 0 Å². The van der Waals surface area contributed by atoms with Crippen molar-refractivity contribution in [3.63, 3.8) is 0 Å². The molecule has 1 aromatic heterocycles. The maximum absolute atomic E-state index is 12.7. The largest absolute Gasteiger partial charge is 0.399 e. The number of thiophene rings is 1. The van der Waals surface area contributed by atoms with E-state index in [0.717, 1.165) is 16.7 Å². The summed E-state index contributed by atoms with van der Waals surface area (Å²) in [5.41, 5.74) is 8.86. The number of benzene rings is 1. The predicted octanol–water partition coefficient (Wildman–Crippen LogP) is 2.77. The van der Waals surface area contributed by atoms with Gasteiger partial charge in [0, 0.05) is 19.3 Å². The topological polar surface area (TPSA) is 63.4 Å². The highest BCUT2D eigenvalue weighted by Crippen LogP contribution is 2.25. The number of nitrogens with zero attached hydrogens (tertiary/aromatic N) is 1. The fraction of sp³-hybridized carbons (Fsp3) is 0.286. The molecule has 0 atom stereocenters. The molecule has 6 heteroatoms. The van der Waals surface area contributed by atoms with E-state index in [-0.39, 0.29) is 4.90 Å². The average Bonchev–Trinajstić information content (AvgIpc) is 2.86. The van der Waals surface area contributed by atoms with E-state index in [1.807, 2.05) is 23.8 Å². The van der Waals surface area contributed by atoms with Gasteiger partial charge in [-0.25, -0.2) is 8.42 Å². The molecular weight excluding hydrogens is 292 g/mol. The first kappa shape index (κ1) is 15.0. The maximum atomic E-state index is 12.7. The molecular formula is C14H18N2O2S2. The fourth-order valence-corrected chi connectivity index (χ4v) is 4.16. The average molecular weight is 310 g/mol. The first-order valence-corrected chi connectivity index (χ1v) is 8.55. The first-order chi connectivity index (χ1) is 9.32. The van der Waals surface area contributed by atoms with Gasteiger partial charge in [0.05, 0.1) is 4.90 Å². The van der Waals surface area contributed by atoms with Crippen molar-refractivity contribution in [2.45, 2.75) is 25.3 Å². The van der Waals surface area contributed by atoms with Gasteiger partial charge in [0.2, 0.25) is 10.0 Å². The van der Waals surface area contributed by atoms with Crippen molar-refractivity contribution < 1.29 is 8.42 Å². The summed E-state index contributed by atoms with van der Waals surface area (Å²) in [6, 6.07) is 5.24. The number of nitrogen functional groups attached to an aromatic ring is 1. The third-order valence-electron chi connectivity index (χ3n) is 3.32. The Morgan fingerprint density at radius 2 is 2.00 bits per heavy atom. The van der Waals surface area contributed by atoms with Crippen LogP contribution in [0.15, 0.2) is 33.9 Å². The number of nitrogens with two attached hydrogens (primary N) is 1. The van der Waals surface area contributed by atoms with Crippen LogP contribution >= 0.6 is 11.3 Å². The third kappa shape index (κ3) is 2.87. The third-order valence-corrected chi connectivity index (χ3v) is 5.98. The van der Waals surface area contributed by atoms with E-state index in [1.165, 1.54) is 10.4 Å². The Labute approximate surface area is 123 Å². The molecule has 0 amide bonds. The van der Waals surface area contributed by atoms with Gasteiger partial charge in [0.25, 0.3) is 0 Å². The molecule has 0 spiro atoms. The smallest absolute Gasteiger partial charge is 0.243 e. The van der Waals surface area contributed by atoms with Crippen LogP contribution in [-0.2, 0) is 16.6 Å². The Balaban J connectivity index is 2.40. The van der Waals surface area contributed by atoms with Crippen molar-refractivity contribution in [3.05, 3.63) is 45.6 Å². The van der Waals surface area contributed by atoms with Crippen molar-refractivity contribution in [1.29, 1.82) is 0 Å². The molecule has 1 heterocycles. The van der Waals surface area contributed by atoms with Crippen molar-refractivity contribution >= 4 is 27.0 Å². The zero-order chi connectivity index (χ0) is 14.9. The Bertz CT molecular complexity index is 707. The molecule has 4 nitrogen and oxygen atoms in total. The highest BCUT2D eigenvalue weighted by Gasteiger charge is 2.24. The SMILES string of the molecule is Cc1cc(N)cc(S(=O)(=O)N(C)Cc2ccsc2)c1C. The van der Waals surface area contributed by atoms with Gasteiger partial charge in [0.1, 0.15) is 0 Å². The summed E-state index contributed by atoms with van der Waals surface area (Å²) in [5.74, 6) is 0. The molecule has 108 valence electrons. The number of hydrogen-bond donors (Lipinski definition) is 1. The minimum Gasteiger partial charge on any atom is -0.399 e. The molecule has 1 aromatic carbocycles. The Morgan fingerprint density at radius 3 is 2.60 bits per heavy atom. The van der Waals surface area contributed by atoms with E-state index >= 15 is 0 Å². The summed E-state index contributed by atoms with van der Waals surface area (Å²) in [4.78, 5) is 0.285. The van der Waals surface area contributed by atoms with Gasteiger partial charge in [-0.15, -0.1) is 0 Å². The number of rotatable bonds is 4. The van der Waals surface area contributed by atoms with Crippen molar-refractivity contribution in [1.82, 2.24) is 4.31 Å². The van der Waals surface area contributed by atoms with Crippen LogP contribution in [0, 0.1) is 13.8 Å². The lowest BCUT2D eigenvalue weighted by molar-refractivity contribution is 0.466. The maximum Gasteiger partial charge on any atom is 0.243 e. The summed E-state index contributed by atoms with van der Waals surface area (Å²) in [5, 5.41) is 3.88. The molecule has 2 aromatic rings. The number of aryl methyl sites for hydroxylation is 1. The molecule has 0 unspecified atom stereocenters. The number of hydrogen-bond acceptors (Lipinski definition) is 4. The zero-order valence-electron chi connectivity index (χ0n) is 11.8. The summed E-state index contributed by atoms with van der Waals surface area (Å²) in [6.45, 7) is 4.03. The van der Waals surface area contributed by atoms with E-state index < -0.39 is 10.0 Å². The molecule has 0 bridgehead atoms. The summed E-state index contributed by atoms with van der Waals surface area (Å²) < 4.78 is 26.7. The second-order valence-corrected chi connectivity index (χ2v) is 7.65. The monoisotopic (exact) mass is 310 g/mol. The van der Waals surface area contributed by atoms with Crippen LogP contribution in [0.1, 0.15) is 16.7 Å². The fourth-order valence-electron chi connectivity index (χ4n) is 2.01. The molecule has 0 aliphatic rings. The highest BCUT2D eigenvalue weighted by molar-refractivity contribution is 7.89. The number of anilines is 1. The molecule has 2 rings (SSSR count). The standard InChI is InChI=1S/C14H18N2O2S2/c1-10-6-13(15)7-14(11(10)2)20(17,18)16(3)8-12-4-5-19-9-12/h4-7,9H,8,15H2,1-3H3. The lowest BCUT2D eigenvalue weighted by Gasteiger charge is -2.19. The molecule has 0 radical (unpaired) electrons.